The third-order valence-corrected chi connectivity index (χ3v) is 9.55. The highest BCUT2D eigenvalue weighted by Gasteiger charge is 2.12. The van der Waals surface area contributed by atoms with Gasteiger partial charge >= 0.3 is 5.97 Å². The van der Waals surface area contributed by atoms with Crippen molar-refractivity contribution in [2.75, 3.05) is 6.61 Å². The maximum absolute atomic E-state index is 12.5. The van der Waals surface area contributed by atoms with Gasteiger partial charge < -0.3 is 4.74 Å². The molecule has 44 heavy (non-hydrogen) atoms. The molecule has 2 nitrogen and oxygen atoms in total. The molecule has 0 rings (SSSR count). The minimum atomic E-state index is 0.0508. The predicted molar refractivity (Wildman–Crippen MR) is 198 cm³/mol. The molecule has 0 saturated heterocycles. The maximum Gasteiger partial charge on any atom is 0.305 e. The van der Waals surface area contributed by atoms with Crippen LogP contribution in [0.15, 0.2) is 12.2 Å². The molecule has 1 unspecified atom stereocenters. The van der Waals surface area contributed by atoms with Gasteiger partial charge in [-0.15, -0.1) is 0 Å². The standard InChI is InChI=1S/C42H82O2/c1-4-7-10-13-16-18-19-20-21-22-23-24-25-26-27-28-30-33-36-39-42(43)44-40-41(37-34-31-15-12-9-6-3)38-35-32-29-17-14-11-8-5-2/h20-21,41H,4-19,22-40H2,1-3H3/b21-20+. The molecule has 0 aromatic heterocycles. The second-order valence-electron chi connectivity index (χ2n) is 14.1. The lowest BCUT2D eigenvalue weighted by Crippen LogP contribution is -2.14. The molecule has 0 aromatic carbocycles. The molecular formula is C42H82O2. The molecule has 0 fully saturated rings. The van der Waals surface area contributed by atoms with Crippen molar-refractivity contribution < 1.29 is 9.53 Å². The van der Waals surface area contributed by atoms with E-state index in [4.69, 9.17) is 4.74 Å². The summed E-state index contributed by atoms with van der Waals surface area (Å²) in [5, 5.41) is 0. The van der Waals surface area contributed by atoms with Crippen molar-refractivity contribution in [1.82, 2.24) is 0 Å². The zero-order valence-electron chi connectivity index (χ0n) is 30.8. The number of hydrogen-bond donors (Lipinski definition) is 0. The Bertz CT molecular complexity index is 568. The number of esters is 1. The quantitative estimate of drug-likeness (QED) is 0.0393. The van der Waals surface area contributed by atoms with Gasteiger partial charge in [-0.05, 0) is 50.9 Å². The summed E-state index contributed by atoms with van der Waals surface area (Å²) in [5.74, 6) is 0.626. The van der Waals surface area contributed by atoms with Crippen LogP contribution in [0.5, 0.6) is 0 Å². The van der Waals surface area contributed by atoms with Gasteiger partial charge in [0.15, 0.2) is 0 Å². The van der Waals surface area contributed by atoms with E-state index >= 15 is 0 Å². The van der Waals surface area contributed by atoms with Crippen LogP contribution < -0.4 is 0 Å². The van der Waals surface area contributed by atoms with Crippen molar-refractivity contribution in [2.24, 2.45) is 5.92 Å². The molecule has 2 heteroatoms. The normalized spacial score (nSPS) is 12.3. The molecule has 0 saturated carbocycles. The van der Waals surface area contributed by atoms with Gasteiger partial charge in [-0.3, -0.25) is 4.79 Å². The van der Waals surface area contributed by atoms with Gasteiger partial charge in [-0.25, -0.2) is 0 Å². The summed E-state index contributed by atoms with van der Waals surface area (Å²) in [6.45, 7) is 7.53. The average molecular weight is 619 g/mol. The molecule has 0 aromatic rings. The van der Waals surface area contributed by atoms with Crippen molar-refractivity contribution in [2.45, 2.75) is 239 Å². The van der Waals surface area contributed by atoms with Crippen LogP contribution >= 0.6 is 0 Å². The van der Waals surface area contributed by atoms with Gasteiger partial charge in [0.25, 0.3) is 0 Å². The third-order valence-electron chi connectivity index (χ3n) is 9.55. The fourth-order valence-electron chi connectivity index (χ4n) is 6.42. The predicted octanol–water partition coefficient (Wildman–Crippen LogP) is 15.0. The first kappa shape index (κ1) is 43.2. The molecule has 0 heterocycles. The van der Waals surface area contributed by atoms with E-state index in [0.29, 0.717) is 18.9 Å². The Morgan fingerprint density at radius 1 is 0.432 bits per heavy atom. The van der Waals surface area contributed by atoms with Crippen molar-refractivity contribution in [3.05, 3.63) is 12.2 Å². The van der Waals surface area contributed by atoms with Crippen LogP contribution in [0.25, 0.3) is 0 Å². The largest absolute Gasteiger partial charge is 0.465 e. The highest BCUT2D eigenvalue weighted by Crippen LogP contribution is 2.21. The SMILES string of the molecule is CCCCCCCC/C=C/CCCCCCCCCCCC(=O)OCC(CCCCCCCC)CCCCCCCCCC. The molecule has 0 radical (unpaired) electrons. The van der Waals surface area contributed by atoms with Crippen LogP contribution in [0.3, 0.4) is 0 Å². The van der Waals surface area contributed by atoms with E-state index < -0.39 is 0 Å². The van der Waals surface area contributed by atoms with Gasteiger partial charge in [-0.1, -0.05) is 200 Å². The summed E-state index contributed by atoms with van der Waals surface area (Å²) in [5.41, 5.74) is 0. The Hall–Kier alpha value is -0.790. The first-order valence-electron chi connectivity index (χ1n) is 20.5. The van der Waals surface area contributed by atoms with E-state index in [1.54, 1.807) is 0 Å². The number of ether oxygens (including phenoxy) is 1. The maximum atomic E-state index is 12.5. The summed E-state index contributed by atoms with van der Waals surface area (Å²) >= 11 is 0. The van der Waals surface area contributed by atoms with Crippen LogP contribution in [-0.4, -0.2) is 12.6 Å². The van der Waals surface area contributed by atoms with Crippen molar-refractivity contribution >= 4 is 5.97 Å². The smallest absolute Gasteiger partial charge is 0.305 e. The van der Waals surface area contributed by atoms with Crippen LogP contribution in [0.1, 0.15) is 239 Å². The molecule has 0 aliphatic carbocycles. The molecule has 0 bridgehead atoms. The number of unbranched alkanes of at least 4 members (excludes halogenated alkanes) is 27. The lowest BCUT2D eigenvalue weighted by molar-refractivity contribution is -0.145. The van der Waals surface area contributed by atoms with E-state index in [2.05, 4.69) is 32.9 Å². The number of hydrogen-bond acceptors (Lipinski definition) is 2. The van der Waals surface area contributed by atoms with E-state index in [1.165, 1.54) is 205 Å². The first-order valence-corrected chi connectivity index (χ1v) is 20.5. The zero-order chi connectivity index (χ0) is 32.0. The number of carbonyl (C=O) groups excluding carboxylic acids is 1. The lowest BCUT2D eigenvalue weighted by atomic mass is 9.94. The van der Waals surface area contributed by atoms with E-state index in [9.17, 15) is 4.79 Å². The summed E-state index contributed by atoms with van der Waals surface area (Å²) < 4.78 is 5.82. The van der Waals surface area contributed by atoms with E-state index in [-0.39, 0.29) is 5.97 Å². The molecule has 0 N–H and O–H groups in total. The topological polar surface area (TPSA) is 26.3 Å². The van der Waals surface area contributed by atoms with Crippen LogP contribution in [0.2, 0.25) is 0 Å². The van der Waals surface area contributed by atoms with E-state index in [0.717, 1.165) is 6.42 Å². The number of rotatable bonds is 37. The Labute approximate surface area is 278 Å². The molecule has 0 aliphatic heterocycles. The monoisotopic (exact) mass is 619 g/mol. The molecular weight excluding hydrogens is 536 g/mol. The van der Waals surface area contributed by atoms with E-state index in [1.807, 2.05) is 0 Å². The molecule has 0 amide bonds. The lowest BCUT2D eigenvalue weighted by Gasteiger charge is -2.17. The summed E-state index contributed by atoms with van der Waals surface area (Å²) in [6.07, 6.45) is 49.6. The summed E-state index contributed by atoms with van der Waals surface area (Å²) in [7, 11) is 0. The van der Waals surface area contributed by atoms with Gasteiger partial charge in [0.2, 0.25) is 0 Å². The first-order chi connectivity index (χ1) is 21.7. The Kier molecular flexibility index (Phi) is 37.7. The fraction of sp³-hybridized carbons (Fsp3) is 0.929. The fourth-order valence-corrected chi connectivity index (χ4v) is 6.42. The summed E-state index contributed by atoms with van der Waals surface area (Å²) in [4.78, 5) is 12.5. The van der Waals surface area contributed by atoms with Crippen molar-refractivity contribution in [1.29, 1.82) is 0 Å². The Morgan fingerprint density at radius 3 is 1.14 bits per heavy atom. The second kappa shape index (κ2) is 38.4. The minimum absolute atomic E-state index is 0.0508. The molecule has 1 atom stereocenters. The van der Waals surface area contributed by atoms with Gasteiger partial charge in [0.05, 0.1) is 6.61 Å². The highest BCUT2D eigenvalue weighted by atomic mass is 16.5. The van der Waals surface area contributed by atoms with Crippen LogP contribution in [0.4, 0.5) is 0 Å². The van der Waals surface area contributed by atoms with Crippen molar-refractivity contribution in [3.8, 4) is 0 Å². The third kappa shape index (κ3) is 35.7. The van der Waals surface area contributed by atoms with Crippen molar-refractivity contribution in [3.63, 3.8) is 0 Å². The highest BCUT2D eigenvalue weighted by molar-refractivity contribution is 5.69. The molecule has 0 spiro atoms. The molecule has 262 valence electrons. The number of allylic oxidation sites excluding steroid dienone is 2. The van der Waals surface area contributed by atoms with Crippen LogP contribution in [0, 0.1) is 5.92 Å². The Balaban J connectivity index is 3.75. The van der Waals surface area contributed by atoms with Gasteiger partial charge in [0, 0.05) is 6.42 Å². The Morgan fingerprint density at radius 2 is 0.750 bits per heavy atom. The molecule has 0 aliphatic rings. The van der Waals surface area contributed by atoms with Gasteiger partial charge in [-0.2, -0.15) is 0 Å². The van der Waals surface area contributed by atoms with Gasteiger partial charge in [0.1, 0.15) is 0 Å². The number of carbonyl (C=O) groups is 1. The summed E-state index contributed by atoms with van der Waals surface area (Å²) in [6, 6.07) is 0. The zero-order valence-corrected chi connectivity index (χ0v) is 30.8. The average Bonchev–Trinajstić information content (AvgIpc) is 3.03. The minimum Gasteiger partial charge on any atom is -0.465 e. The second-order valence-corrected chi connectivity index (χ2v) is 14.1. The van der Waals surface area contributed by atoms with Crippen LogP contribution in [-0.2, 0) is 9.53 Å².